The quantitative estimate of drug-likeness (QED) is 0.744. The molecule has 0 saturated carbocycles. The molecule has 1 aromatic carbocycles. The van der Waals surface area contributed by atoms with Crippen molar-refractivity contribution < 1.29 is 4.39 Å². The van der Waals surface area contributed by atoms with Gasteiger partial charge in [-0.15, -0.1) is 11.6 Å². The van der Waals surface area contributed by atoms with Gasteiger partial charge >= 0.3 is 0 Å². The predicted molar refractivity (Wildman–Crippen MR) is 74.8 cm³/mol. The van der Waals surface area contributed by atoms with E-state index >= 15 is 0 Å². The molecule has 0 spiro atoms. The Hall–Kier alpha value is -0.510. The van der Waals surface area contributed by atoms with Gasteiger partial charge in [-0.1, -0.05) is 23.2 Å². The van der Waals surface area contributed by atoms with Gasteiger partial charge in [0.2, 0.25) is 0 Å². The molecule has 0 atom stereocenters. The lowest BCUT2D eigenvalue weighted by molar-refractivity contribution is 0.446. The standard InChI is InChI=1S/C12H12Cl3FN2/c13-3-2-12-17-10-6-8(14)9(15)7-11(10)18(12)5-1-4-16/h6-7H,1-5H2. The van der Waals surface area contributed by atoms with Crippen molar-refractivity contribution in [3.63, 3.8) is 0 Å². The van der Waals surface area contributed by atoms with Crippen molar-refractivity contribution in [2.75, 3.05) is 12.6 Å². The van der Waals surface area contributed by atoms with Crippen LogP contribution in [0.2, 0.25) is 10.0 Å². The molecule has 0 aliphatic rings. The number of alkyl halides is 2. The first-order chi connectivity index (χ1) is 8.67. The zero-order chi connectivity index (χ0) is 13.1. The van der Waals surface area contributed by atoms with Gasteiger partial charge in [0, 0.05) is 18.8 Å². The molecule has 0 aliphatic heterocycles. The van der Waals surface area contributed by atoms with E-state index in [-0.39, 0.29) is 6.67 Å². The third kappa shape index (κ3) is 2.73. The minimum atomic E-state index is -0.360. The van der Waals surface area contributed by atoms with Crippen LogP contribution in [0.3, 0.4) is 0 Å². The van der Waals surface area contributed by atoms with E-state index in [4.69, 9.17) is 34.8 Å². The molecule has 2 rings (SSSR count). The van der Waals surface area contributed by atoms with Gasteiger partial charge in [-0.25, -0.2) is 4.98 Å². The average Bonchev–Trinajstić information content (AvgIpc) is 2.65. The van der Waals surface area contributed by atoms with Crippen LogP contribution in [-0.2, 0) is 13.0 Å². The molecule has 0 fully saturated rings. The van der Waals surface area contributed by atoms with E-state index in [2.05, 4.69) is 4.98 Å². The van der Waals surface area contributed by atoms with Crippen molar-refractivity contribution in [1.82, 2.24) is 9.55 Å². The summed E-state index contributed by atoms with van der Waals surface area (Å²) in [5, 5.41) is 0.944. The Labute approximate surface area is 120 Å². The molecule has 0 saturated heterocycles. The van der Waals surface area contributed by atoms with Crippen molar-refractivity contribution in [2.45, 2.75) is 19.4 Å². The van der Waals surface area contributed by atoms with E-state index in [0.717, 1.165) is 16.9 Å². The van der Waals surface area contributed by atoms with E-state index in [0.29, 0.717) is 35.3 Å². The first-order valence-corrected chi connectivity index (χ1v) is 6.92. The van der Waals surface area contributed by atoms with Crippen molar-refractivity contribution in [2.24, 2.45) is 0 Å². The molecule has 0 radical (unpaired) electrons. The minimum Gasteiger partial charge on any atom is -0.328 e. The van der Waals surface area contributed by atoms with Gasteiger partial charge in [-0.3, -0.25) is 4.39 Å². The average molecular weight is 310 g/mol. The van der Waals surface area contributed by atoms with E-state index in [1.807, 2.05) is 4.57 Å². The molecule has 2 nitrogen and oxygen atoms in total. The van der Waals surface area contributed by atoms with E-state index < -0.39 is 0 Å². The summed E-state index contributed by atoms with van der Waals surface area (Å²) in [6.07, 6.45) is 1.08. The number of aromatic nitrogens is 2. The zero-order valence-electron chi connectivity index (χ0n) is 9.60. The maximum absolute atomic E-state index is 12.3. The molecule has 0 amide bonds. The Morgan fingerprint density at radius 1 is 1.22 bits per heavy atom. The molecule has 0 N–H and O–H groups in total. The number of imidazole rings is 1. The second-order valence-electron chi connectivity index (χ2n) is 3.92. The van der Waals surface area contributed by atoms with Gasteiger partial charge in [-0.2, -0.15) is 0 Å². The Bertz CT molecular complexity index is 554. The van der Waals surface area contributed by atoms with E-state index in [1.165, 1.54) is 0 Å². The number of aryl methyl sites for hydroxylation is 2. The van der Waals surface area contributed by atoms with Gasteiger partial charge in [0.1, 0.15) is 5.82 Å². The highest BCUT2D eigenvalue weighted by atomic mass is 35.5. The van der Waals surface area contributed by atoms with E-state index in [9.17, 15) is 4.39 Å². The summed E-state index contributed by atoms with van der Waals surface area (Å²) in [6.45, 7) is 0.207. The van der Waals surface area contributed by atoms with Gasteiger partial charge < -0.3 is 4.57 Å². The molecule has 18 heavy (non-hydrogen) atoms. The summed E-state index contributed by atoms with van der Waals surface area (Å²) in [6, 6.07) is 3.49. The van der Waals surface area contributed by atoms with Crippen molar-refractivity contribution >= 4 is 45.8 Å². The number of hydrogen-bond acceptors (Lipinski definition) is 1. The maximum Gasteiger partial charge on any atom is 0.111 e. The maximum atomic E-state index is 12.3. The predicted octanol–water partition coefficient (Wildman–Crippen LogP) is 4.48. The van der Waals surface area contributed by atoms with Gasteiger partial charge in [0.15, 0.2) is 0 Å². The molecule has 0 aliphatic carbocycles. The highest BCUT2D eigenvalue weighted by molar-refractivity contribution is 6.42. The van der Waals surface area contributed by atoms with Crippen molar-refractivity contribution in [3.8, 4) is 0 Å². The summed E-state index contributed by atoms with van der Waals surface area (Å²) in [4.78, 5) is 4.47. The molecular weight excluding hydrogens is 298 g/mol. The Balaban J connectivity index is 2.53. The molecule has 98 valence electrons. The summed E-state index contributed by atoms with van der Waals surface area (Å²) in [7, 11) is 0. The molecule has 0 unspecified atom stereocenters. The summed E-state index contributed by atoms with van der Waals surface area (Å²) < 4.78 is 14.3. The van der Waals surface area contributed by atoms with Crippen LogP contribution >= 0.6 is 34.8 Å². The van der Waals surface area contributed by atoms with Crippen LogP contribution in [0.4, 0.5) is 4.39 Å². The summed E-state index contributed by atoms with van der Waals surface area (Å²) in [5.74, 6) is 1.31. The van der Waals surface area contributed by atoms with Crippen LogP contribution in [0.15, 0.2) is 12.1 Å². The Morgan fingerprint density at radius 3 is 2.61 bits per heavy atom. The number of nitrogens with zero attached hydrogens (tertiary/aromatic N) is 2. The van der Waals surface area contributed by atoms with E-state index in [1.54, 1.807) is 12.1 Å². The molecule has 0 bridgehead atoms. The zero-order valence-corrected chi connectivity index (χ0v) is 11.9. The Morgan fingerprint density at radius 2 is 1.94 bits per heavy atom. The highest BCUT2D eigenvalue weighted by Gasteiger charge is 2.12. The number of halogens is 4. The highest BCUT2D eigenvalue weighted by Crippen LogP contribution is 2.28. The lowest BCUT2D eigenvalue weighted by Crippen LogP contribution is -2.05. The third-order valence-corrected chi connectivity index (χ3v) is 3.61. The normalized spacial score (nSPS) is 11.3. The van der Waals surface area contributed by atoms with Crippen LogP contribution in [0.25, 0.3) is 11.0 Å². The summed E-state index contributed by atoms with van der Waals surface area (Å²) in [5.41, 5.74) is 1.64. The number of hydrogen-bond donors (Lipinski definition) is 0. The first kappa shape index (κ1) is 13.9. The second kappa shape index (κ2) is 6.09. The van der Waals surface area contributed by atoms with Crippen LogP contribution in [0, 0.1) is 0 Å². The topological polar surface area (TPSA) is 17.8 Å². The number of fused-ring (bicyclic) bond motifs is 1. The van der Waals surface area contributed by atoms with Gasteiger partial charge in [0.05, 0.1) is 27.8 Å². The van der Waals surface area contributed by atoms with Crippen LogP contribution < -0.4 is 0 Å². The van der Waals surface area contributed by atoms with Crippen LogP contribution in [-0.4, -0.2) is 22.1 Å². The SMILES string of the molecule is FCCCn1c(CCCl)nc2cc(Cl)c(Cl)cc21. The fraction of sp³-hybridized carbons (Fsp3) is 0.417. The van der Waals surface area contributed by atoms with Gasteiger partial charge in [0.25, 0.3) is 0 Å². The lowest BCUT2D eigenvalue weighted by Gasteiger charge is -2.07. The number of rotatable bonds is 5. The van der Waals surface area contributed by atoms with Crippen LogP contribution in [0.5, 0.6) is 0 Å². The molecule has 6 heteroatoms. The van der Waals surface area contributed by atoms with Crippen LogP contribution in [0.1, 0.15) is 12.2 Å². The fourth-order valence-electron chi connectivity index (χ4n) is 1.91. The first-order valence-electron chi connectivity index (χ1n) is 5.63. The fourth-order valence-corrected chi connectivity index (χ4v) is 2.40. The lowest BCUT2D eigenvalue weighted by atomic mass is 10.3. The Kier molecular flexibility index (Phi) is 4.71. The van der Waals surface area contributed by atoms with Crippen molar-refractivity contribution in [3.05, 3.63) is 28.0 Å². The van der Waals surface area contributed by atoms with Crippen molar-refractivity contribution in [1.29, 1.82) is 0 Å². The molecule has 1 heterocycles. The molecular formula is C12H12Cl3FN2. The minimum absolute atomic E-state index is 0.360. The second-order valence-corrected chi connectivity index (χ2v) is 5.11. The largest absolute Gasteiger partial charge is 0.328 e. The van der Waals surface area contributed by atoms with Gasteiger partial charge in [-0.05, 0) is 18.6 Å². The monoisotopic (exact) mass is 308 g/mol. The summed E-state index contributed by atoms with van der Waals surface area (Å²) >= 11 is 17.7. The third-order valence-electron chi connectivity index (χ3n) is 2.70. The molecule has 1 aromatic heterocycles. The molecule has 2 aromatic rings. The smallest absolute Gasteiger partial charge is 0.111 e. The number of benzene rings is 1.